The summed E-state index contributed by atoms with van der Waals surface area (Å²) >= 11 is 1.67. The molecule has 0 aromatic carbocycles. The number of aromatic nitrogens is 3. The van der Waals surface area contributed by atoms with Crippen LogP contribution in [0.15, 0.2) is 54.4 Å². The summed E-state index contributed by atoms with van der Waals surface area (Å²) in [6.07, 6.45) is 8.80. The number of rotatable bonds is 7. The van der Waals surface area contributed by atoms with Gasteiger partial charge in [-0.15, -0.1) is 11.3 Å². The Morgan fingerprint density at radius 1 is 1.17 bits per heavy atom. The van der Waals surface area contributed by atoms with Gasteiger partial charge in [0.05, 0.1) is 0 Å². The topological polar surface area (TPSA) is 34.0 Å². The first-order chi connectivity index (χ1) is 11.3. The maximum absolute atomic E-state index is 4.43. The normalized spacial score (nSPS) is 12.7. The summed E-state index contributed by atoms with van der Waals surface area (Å²) in [4.78, 5) is 11.1. The summed E-state index contributed by atoms with van der Waals surface area (Å²) in [5, 5.41) is 3.04. The quantitative estimate of drug-likeness (QED) is 0.654. The van der Waals surface area contributed by atoms with Crippen molar-refractivity contribution >= 4 is 11.3 Å². The highest BCUT2D eigenvalue weighted by Crippen LogP contribution is 2.19. The molecule has 3 heterocycles. The van der Waals surface area contributed by atoms with Crippen molar-refractivity contribution in [2.45, 2.75) is 39.4 Å². The Bertz CT molecular complexity index is 706. The summed E-state index contributed by atoms with van der Waals surface area (Å²) in [6.45, 7) is 6.37. The highest BCUT2D eigenvalue weighted by atomic mass is 32.1. The predicted octanol–water partition coefficient (Wildman–Crippen LogP) is 4.13. The Hall–Kier alpha value is -1.98. The Labute approximate surface area is 141 Å². The van der Waals surface area contributed by atoms with Gasteiger partial charge >= 0.3 is 0 Å². The molecule has 0 radical (unpaired) electrons. The van der Waals surface area contributed by atoms with Crippen LogP contribution in [-0.4, -0.2) is 25.5 Å². The monoisotopic (exact) mass is 326 g/mol. The minimum Gasteiger partial charge on any atom is -0.296 e. The van der Waals surface area contributed by atoms with Gasteiger partial charge in [-0.25, -0.2) is 4.98 Å². The Morgan fingerprint density at radius 2 is 2.00 bits per heavy atom. The third-order valence-corrected chi connectivity index (χ3v) is 4.94. The molecule has 0 saturated heterocycles. The summed E-state index contributed by atoms with van der Waals surface area (Å²) in [7, 11) is 0. The molecular weight excluding hydrogens is 304 g/mol. The van der Waals surface area contributed by atoms with E-state index >= 15 is 0 Å². The third-order valence-electron chi connectivity index (χ3n) is 4.17. The van der Waals surface area contributed by atoms with Gasteiger partial charge in [0.25, 0.3) is 0 Å². The lowest BCUT2D eigenvalue weighted by atomic mass is 10.1. The summed E-state index contributed by atoms with van der Waals surface area (Å²) in [5.41, 5.74) is 2.57. The standard InChI is InChI=1S/C18H22N4S/c1-3-15(2)21(13-16-6-8-19-9-7-16)14-17-5-4-11-22(17)18-20-10-12-23-18/h4-12,15H,3,13-14H2,1-2H3/t15-/m0/s1. The van der Waals surface area contributed by atoms with Gasteiger partial charge in [-0.05, 0) is 43.2 Å². The average Bonchev–Trinajstić information content (AvgIpc) is 3.25. The van der Waals surface area contributed by atoms with Crippen LogP contribution in [0.5, 0.6) is 0 Å². The number of thiazole rings is 1. The molecule has 3 aromatic heterocycles. The van der Waals surface area contributed by atoms with E-state index in [9.17, 15) is 0 Å². The molecule has 0 aliphatic carbocycles. The van der Waals surface area contributed by atoms with Crippen molar-refractivity contribution in [1.29, 1.82) is 0 Å². The smallest absolute Gasteiger partial charge is 0.193 e. The lowest BCUT2D eigenvalue weighted by Gasteiger charge is -2.28. The number of pyridine rings is 1. The Kier molecular flexibility index (Phi) is 5.20. The van der Waals surface area contributed by atoms with Gasteiger partial charge in [0.1, 0.15) is 0 Å². The minimum absolute atomic E-state index is 0.516. The molecule has 0 aliphatic heterocycles. The fourth-order valence-corrected chi connectivity index (χ4v) is 3.28. The zero-order valence-electron chi connectivity index (χ0n) is 13.6. The van der Waals surface area contributed by atoms with E-state index in [0.717, 1.165) is 24.6 Å². The van der Waals surface area contributed by atoms with Crippen LogP contribution in [-0.2, 0) is 13.1 Å². The van der Waals surface area contributed by atoms with Crippen molar-refractivity contribution in [3.05, 3.63) is 65.7 Å². The summed E-state index contributed by atoms with van der Waals surface area (Å²) < 4.78 is 2.19. The van der Waals surface area contributed by atoms with Gasteiger partial charge in [0.15, 0.2) is 5.13 Å². The van der Waals surface area contributed by atoms with Crippen LogP contribution in [0, 0.1) is 0 Å². The second-order valence-corrected chi connectivity index (χ2v) is 6.57. The number of hydrogen-bond donors (Lipinski definition) is 0. The van der Waals surface area contributed by atoms with E-state index in [2.05, 4.69) is 63.7 Å². The van der Waals surface area contributed by atoms with Gasteiger partial charge in [0.2, 0.25) is 0 Å². The van der Waals surface area contributed by atoms with Crippen molar-refractivity contribution in [3.8, 4) is 5.13 Å². The molecule has 0 fully saturated rings. The van der Waals surface area contributed by atoms with E-state index in [1.807, 2.05) is 24.0 Å². The molecule has 0 aliphatic rings. The van der Waals surface area contributed by atoms with Crippen LogP contribution < -0.4 is 0 Å². The molecule has 1 atom stereocenters. The van der Waals surface area contributed by atoms with Crippen molar-refractivity contribution in [1.82, 2.24) is 19.4 Å². The molecule has 23 heavy (non-hydrogen) atoms. The maximum Gasteiger partial charge on any atom is 0.193 e. The zero-order valence-corrected chi connectivity index (χ0v) is 14.4. The van der Waals surface area contributed by atoms with Crippen LogP contribution >= 0.6 is 11.3 Å². The molecule has 3 rings (SSSR count). The van der Waals surface area contributed by atoms with Crippen molar-refractivity contribution < 1.29 is 0 Å². The number of hydrogen-bond acceptors (Lipinski definition) is 4. The van der Waals surface area contributed by atoms with Gasteiger partial charge < -0.3 is 0 Å². The lowest BCUT2D eigenvalue weighted by Crippen LogP contribution is -2.32. The van der Waals surface area contributed by atoms with Crippen LogP contribution in [0.1, 0.15) is 31.5 Å². The summed E-state index contributed by atoms with van der Waals surface area (Å²) in [5.74, 6) is 0. The van der Waals surface area contributed by atoms with Gasteiger partial charge in [-0.2, -0.15) is 0 Å². The van der Waals surface area contributed by atoms with Crippen molar-refractivity contribution in [2.24, 2.45) is 0 Å². The predicted molar refractivity (Wildman–Crippen MR) is 94.7 cm³/mol. The highest BCUT2D eigenvalue weighted by molar-refractivity contribution is 7.12. The van der Waals surface area contributed by atoms with Gasteiger partial charge in [-0.1, -0.05) is 6.92 Å². The molecule has 4 nitrogen and oxygen atoms in total. The minimum atomic E-state index is 0.516. The second-order valence-electron chi connectivity index (χ2n) is 5.70. The van der Waals surface area contributed by atoms with Gasteiger partial charge in [-0.3, -0.25) is 14.5 Å². The Morgan fingerprint density at radius 3 is 2.70 bits per heavy atom. The molecule has 0 bridgehead atoms. The van der Waals surface area contributed by atoms with Crippen LogP contribution in [0.2, 0.25) is 0 Å². The first kappa shape index (κ1) is 15.9. The lowest BCUT2D eigenvalue weighted by molar-refractivity contribution is 0.183. The molecule has 3 aromatic rings. The van der Waals surface area contributed by atoms with Crippen LogP contribution in [0.4, 0.5) is 0 Å². The van der Waals surface area contributed by atoms with E-state index in [0.29, 0.717) is 6.04 Å². The molecule has 0 spiro atoms. The van der Waals surface area contributed by atoms with E-state index in [1.54, 1.807) is 11.3 Å². The first-order valence-corrected chi connectivity index (χ1v) is 8.85. The number of nitrogens with zero attached hydrogens (tertiary/aromatic N) is 4. The second kappa shape index (κ2) is 7.53. The fraction of sp³-hybridized carbons (Fsp3) is 0.333. The first-order valence-electron chi connectivity index (χ1n) is 7.97. The molecular formula is C18H22N4S. The van der Waals surface area contributed by atoms with Crippen molar-refractivity contribution in [2.75, 3.05) is 0 Å². The SMILES string of the molecule is CC[C@H](C)N(Cc1ccncc1)Cc1cccn1-c1nccs1. The summed E-state index contributed by atoms with van der Waals surface area (Å²) in [6, 6.07) is 8.98. The van der Waals surface area contributed by atoms with Crippen LogP contribution in [0.25, 0.3) is 5.13 Å². The molecule has 5 heteroatoms. The highest BCUT2D eigenvalue weighted by Gasteiger charge is 2.16. The van der Waals surface area contributed by atoms with E-state index in [-0.39, 0.29) is 0 Å². The van der Waals surface area contributed by atoms with Crippen molar-refractivity contribution in [3.63, 3.8) is 0 Å². The Balaban J connectivity index is 1.81. The third kappa shape index (κ3) is 3.86. The zero-order chi connectivity index (χ0) is 16.1. The molecule has 0 saturated carbocycles. The largest absolute Gasteiger partial charge is 0.296 e. The average molecular weight is 326 g/mol. The fourth-order valence-electron chi connectivity index (χ4n) is 2.62. The van der Waals surface area contributed by atoms with E-state index in [1.165, 1.54) is 11.3 Å². The molecule has 0 unspecified atom stereocenters. The molecule has 0 amide bonds. The molecule has 0 N–H and O–H groups in total. The van der Waals surface area contributed by atoms with Crippen LogP contribution in [0.3, 0.4) is 0 Å². The molecule has 120 valence electrons. The van der Waals surface area contributed by atoms with E-state index in [4.69, 9.17) is 0 Å². The van der Waals surface area contributed by atoms with E-state index < -0.39 is 0 Å². The van der Waals surface area contributed by atoms with Gasteiger partial charge in [0, 0.05) is 55.0 Å². The maximum atomic E-state index is 4.43.